The molecule has 1 N–H and O–H groups in total. The van der Waals surface area contributed by atoms with Gasteiger partial charge in [-0.25, -0.2) is 0 Å². The number of hydrogen-bond acceptors (Lipinski definition) is 2. The van der Waals surface area contributed by atoms with Crippen LogP contribution in [0.4, 0.5) is 0 Å². The second-order valence-electron chi connectivity index (χ2n) is 6.41. The van der Waals surface area contributed by atoms with E-state index in [1.165, 1.54) is 12.8 Å². The van der Waals surface area contributed by atoms with Crippen molar-refractivity contribution in [3.05, 3.63) is 0 Å². The van der Waals surface area contributed by atoms with Gasteiger partial charge in [0.15, 0.2) is 0 Å². The fourth-order valence-electron chi connectivity index (χ4n) is 1.54. The molecule has 94 valence electrons. The Balaban J connectivity index is 2.25. The van der Waals surface area contributed by atoms with Crippen LogP contribution in [-0.2, 0) is 4.79 Å². The molecular formula is C13H25NOS. The monoisotopic (exact) mass is 243 g/mol. The zero-order chi connectivity index (χ0) is 12.4. The average Bonchev–Trinajstić information content (AvgIpc) is 2.93. The van der Waals surface area contributed by atoms with Gasteiger partial charge in [0.1, 0.15) is 0 Å². The number of hydrogen-bond donors (Lipinski definition) is 2. The summed E-state index contributed by atoms with van der Waals surface area (Å²) in [5.41, 5.74) is 0.492. The molecule has 3 heteroatoms. The first-order valence-corrected chi connectivity index (χ1v) is 6.80. The lowest BCUT2D eigenvalue weighted by molar-refractivity contribution is -0.122. The Morgan fingerprint density at radius 3 is 2.38 bits per heavy atom. The normalized spacial score (nSPS) is 20.3. The third-order valence-corrected chi connectivity index (χ3v) is 4.58. The molecule has 1 aliphatic carbocycles. The molecule has 1 fully saturated rings. The summed E-state index contributed by atoms with van der Waals surface area (Å²) >= 11 is 4.31. The maximum absolute atomic E-state index is 11.7. The molecular weight excluding hydrogens is 218 g/mol. The van der Waals surface area contributed by atoms with Gasteiger partial charge in [-0.15, -0.1) is 0 Å². The Bertz CT molecular complexity index is 253. The summed E-state index contributed by atoms with van der Waals surface area (Å²) in [5.74, 6) is 1.54. The highest BCUT2D eigenvalue weighted by Crippen LogP contribution is 2.49. The molecule has 2 nitrogen and oxygen atoms in total. The lowest BCUT2D eigenvalue weighted by Gasteiger charge is -2.27. The molecule has 0 saturated heterocycles. The Hall–Kier alpha value is -0.180. The van der Waals surface area contributed by atoms with Gasteiger partial charge < -0.3 is 5.32 Å². The standard InChI is InChI=1S/C13H25NOS/c1-10(12(2,3)4)8-14-11(15)7-13(9-16)5-6-13/h10,16H,5-9H2,1-4H3,(H,14,15). The van der Waals surface area contributed by atoms with E-state index in [1.54, 1.807) is 0 Å². The molecule has 0 aromatic carbocycles. The third kappa shape index (κ3) is 4.00. The summed E-state index contributed by atoms with van der Waals surface area (Å²) in [6.45, 7) is 9.59. The number of nitrogens with one attached hydrogen (secondary N) is 1. The van der Waals surface area contributed by atoms with E-state index in [4.69, 9.17) is 0 Å². The minimum absolute atomic E-state index is 0.197. The molecule has 0 aliphatic heterocycles. The quantitative estimate of drug-likeness (QED) is 0.714. The van der Waals surface area contributed by atoms with Crippen molar-refractivity contribution in [2.75, 3.05) is 12.3 Å². The summed E-state index contributed by atoms with van der Waals surface area (Å²) in [7, 11) is 0. The molecule has 0 radical (unpaired) electrons. The first kappa shape index (κ1) is 13.9. The van der Waals surface area contributed by atoms with Crippen molar-refractivity contribution in [2.45, 2.75) is 47.0 Å². The number of thiol groups is 1. The molecule has 0 bridgehead atoms. The van der Waals surface area contributed by atoms with E-state index in [-0.39, 0.29) is 16.7 Å². The van der Waals surface area contributed by atoms with E-state index in [9.17, 15) is 4.79 Å². The fourth-order valence-corrected chi connectivity index (χ4v) is 1.97. The Kier molecular flexibility index (Phi) is 4.33. The molecule has 0 heterocycles. The lowest BCUT2D eigenvalue weighted by Crippen LogP contribution is -2.34. The van der Waals surface area contributed by atoms with Crippen molar-refractivity contribution in [3.8, 4) is 0 Å². The molecule has 1 aliphatic rings. The van der Waals surface area contributed by atoms with Crippen molar-refractivity contribution >= 4 is 18.5 Å². The van der Waals surface area contributed by atoms with Crippen LogP contribution >= 0.6 is 12.6 Å². The van der Waals surface area contributed by atoms with Crippen LogP contribution in [0.15, 0.2) is 0 Å². The minimum atomic E-state index is 0.197. The molecule has 1 amide bonds. The SMILES string of the molecule is CC(CNC(=O)CC1(CS)CC1)C(C)(C)C. The van der Waals surface area contributed by atoms with Gasteiger partial charge in [-0.1, -0.05) is 27.7 Å². The van der Waals surface area contributed by atoms with E-state index in [1.807, 2.05) is 0 Å². The van der Waals surface area contributed by atoms with Crippen molar-refractivity contribution in [3.63, 3.8) is 0 Å². The van der Waals surface area contributed by atoms with Crippen LogP contribution in [-0.4, -0.2) is 18.2 Å². The average molecular weight is 243 g/mol. The summed E-state index contributed by atoms with van der Waals surface area (Å²) < 4.78 is 0. The fraction of sp³-hybridized carbons (Fsp3) is 0.923. The van der Waals surface area contributed by atoms with Crippen LogP contribution in [0.25, 0.3) is 0 Å². The smallest absolute Gasteiger partial charge is 0.220 e. The van der Waals surface area contributed by atoms with Gasteiger partial charge in [-0.3, -0.25) is 4.79 Å². The molecule has 1 saturated carbocycles. The van der Waals surface area contributed by atoms with Crippen molar-refractivity contribution in [2.24, 2.45) is 16.7 Å². The largest absolute Gasteiger partial charge is 0.356 e. The number of carbonyl (C=O) groups is 1. The minimum Gasteiger partial charge on any atom is -0.356 e. The van der Waals surface area contributed by atoms with Crippen molar-refractivity contribution < 1.29 is 4.79 Å². The van der Waals surface area contributed by atoms with E-state index in [0.717, 1.165) is 12.3 Å². The number of carbonyl (C=O) groups excluding carboxylic acids is 1. The van der Waals surface area contributed by atoms with Gasteiger partial charge in [0, 0.05) is 13.0 Å². The first-order valence-electron chi connectivity index (χ1n) is 6.17. The van der Waals surface area contributed by atoms with Gasteiger partial charge >= 0.3 is 0 Å². The van der Waals surface area contributed by atoms with Crippen LogP contribution in [0.5, 0.6) is 0 Å². The van der Waals surface area contributed by atoms with E-state index in [2.05, 4.69) is 45.6 Å². The maximum atomic E-state index is 11.7. The predicted molar refractivity (Wildman–Crippen MR) is 71.8 cm³/mol. The van der Waals surface area contributed by atoms with Gasteiger partial charge in [0.2, 0.25) is 5.91 Å². The second kappa shape index (κ2) is 4.99. The van der Waals surface area contributed by atoms with Crippen LogP contribution in [0.1, 0.15) is 47.0 Å². The van der Waals surface area contributed by atoms with Crippen LogP contribution < -0.4 is 5.32 Å². The molecule has 1 rings (SSSR count). The van der Waals surface area contributed by atoms with Crippen molar-refractivity contribution in [1.82, 2.24) is 5.32 Å². The topological polar surface area (TPSA) is 29.1 Å². The summed E-state index contributed by atoms with van der Waals surface area (Å²) in [4.78, 5) is 11.7. The summed E-state index contributed by atoms with van der Waals surface area (Å²) in [6, 6.07) is 0. The van der Waals surface area contributed by atoms with Gasteiger partial charge in [0.25, 0.3) is 0 Å². The summed E-state index contributed by atoms with van der Waals surface area (Å²) in [5, 5.41) is 3.05. The zero-order valence-corrected chi connectivity index (χ0v) is 11.9. The van der Waals surface area contributed by atoms with Crippen LogP contribution in [0.2, 0.25) is 0 Å². The predicted octanol–water partition coefficient (Wildman–Crippen LogP) is 2.88. The van der Waals surface area contributed by atoms with Crippen LogP contribution in [0, 0.1) is 16.7 Å². The number of amides is 1. The lowest BCUT2D eigenvalue weighted by atomic mass is 9.82. The van der Waals surface area contributed by atoms with Crippen LogP contribution in [0.3, 0.4) is 0 Å². The Morgan fingerprint density at radius 1 is 1.44 bits per heavy atom. The second-order valence-corrected chi connectivity index (χ2v) is 6.72. The molecule has 16 heavy (non-hydrogen) atoms. The molecule has 1 unspecified atom stereocenters. The van der Waals surface area contributed by atoms with Gasteiger partial charge in [-0.2, -0.15) is 12.6 Å². The third-order valence-electron chi connectivity index (χ3n) is 3.91. The summed E-state index contributed by atoms with van der Waals surface area (Å²) in [6.07, 6.45) is 2.99. The van der Waals surface area contributed by atoms with Gasteiger partial charge in [0.05, 0.1) is 0 Å². The van der Waals surface area contributed by atoms with E-state index >= 15 is 0 Å². The zero-order valence-electron chi connectivity index (χ0n) is 11.0. The van der Waals surface area contributed by atoms with Gasteiger partial charge in [-0.05, 0) is 35.3 Å². The Labute approximate surface area is 105 Å². The molecule has 0 aromatic heterocycles. The first-order chi connectivity index (χ1) is 7.29. The van der Waals surface area contributed by atoms with E-state index < -0.39 is 0 Å². The molecule has 0 spiro atoms. The highest BCUT2D eigenvalue weighted by Gasteiger charge is 2.42. The Morgan fingerprint density at radius 2 is 2.00 bits per heavy atom. The molecule has 0 aromatic rings. The highest BCUT2D eigenvalue weighted by molar-refractivity contribution is 7.80. The number of rotatable bonds is 5. The van der Waals surface area contributed by atoms with E-state index in [0.29, 0.717) is 12.3 Å². The van der Waals surface area contributed by atoms with Crippen molar-refractivity contribution in [1.29, 1.82) is 0 Å². The molecule has 1 atom stereocenters. The highest BCUT2D eigenvalue weighted by atomic mass is 32.1. The maximum Gasteiger partial charge on any atom is 0.220 e.